The number of amides is 1. The summed E-state index contributed by atoms with van der Waals surface area (Å²) in [6, 6.07) is 0. The lowest BCUT2D eigenvalue weighted by atomic mass is 10.3. The molecule has 0 bridgehead atoms. The molecule has 0 spiro atoms. The number of rotatable bonds is 2. The van der Waals surface area contributed by atoms with Gasteiger partial charge in [0.25, 0.3) is 0 Å². The second-order valence-corrected chi connectivity index (χ2v) is 4.39. The fourth-order valence-corrected chi connectivity index (χ4v) is 1.89. The molecule has 1 aromatic rings. The maximum absolute atomic E-state index is 10.6. The number of aryl methyl sites for hydroxylation is 2. The Bertz CT molecular complexity index is 412. The summed E-state index contributed by atoms with van der Waals surface area (Å²) < 4.78 is 0. The average molecular weight is 222 g/mol. The van der Waals surface area contributed by atoms with Crippen LogP contribution in [0.25, 0.3) is 0 Å². The molecule has 0 aliphatic rings. The predicted octanol–water partition coefficient (Wildman–Crippen LogP) is 1.64. The Hall–Kier alpha value is -1.34. The van der Waals surface area contributed by atoms with E-state index in [1.165, 1.54) is 6.92 Å². The van der Waals surface area contributed by atoms with Gasteiger partial charge < -0.3 is 5.32 Å². The molecular formula is C11H14N2OS. The molecule has 0 aliphatic carbocycles. The first-order valence-electron chi connectivity index (χ1n) is 4.77. The van der Waals surface area contributed by atoms with Gasteiger partial charge in [-0.25, -0.2) is 4.98 Å². The maximum atomic E-state index is 10.6. The van der Waals surface area contributed by atoms with Crippen molar-refractivity contribution >= 4 is 17.2 Å². The lowest BCUT2D eigenvalue weighted by Crippen LogP contribution is -2.20. The molecule has 15 heavy (non-hydrogen) atoms. The van der Waals surface area contributed by atoms with Gasteiger partial charge in [-0.15, -0.1) is 11.3 Å². The van der Waals surface area contributed by atoms with Crippen molar-refractivity contribution < 1.29 is 4.79 Å². The van der Waals surface area contributed by atoms with E-state index in [4.69, 9.17) is 0 Å². The molecule has 0 aromatic carbocycles. The average Bonchev–Trinajstić information content (AvgIpc) is 2.44. The van der Waals surface area contributed by atoms with Gasteiger partial charge >= 0.3 is 0 Å². The highest BCUT2D eigenvalue weighted by Crippen LogP contribution is 2.15. The number of nitrogens with one attached hydrogen (secondary N) is 1. The van der Waals surface area contributed by atoms with Gasteiger partial charge in [-0.2, -0.15) is 0 Å². The zero-order valence-corrected chi connectivity index (χ0v) is 9.99. The molecule has 0 atom stereocenters. The number of aromatic nitrogens is 1. The summed E-state index contributed by atoms with van der Waals surface area (Å²) in [6.45, 7) is 6.05. The van der Waals surface area contributed by atoms with Gasteiger partial charge in [-0.3, -0.25) is 4.79 Å². The minimum absolute atomic E-state index is 0.0124. The van der Waals surface area contributed by atoms with E-state index in [1.54, 1.807) is 11.3 Å². The molecule has 1 heterocycles. The number of carbonyl (C=O) groups is 1. The quantitative estimate of drug-likeness (QED) is 0.610. The maximum Gasteiger partial charge on any atom is 0.216 e. The molecule has 0 unspecified atom stereocenters. The highest BCUT2D eigenvalue weighted by molar-refractivity contribution is 7.12. The molecule has 1 rings (SSSR count). The number of thiazole rings is 1. The third-order valence-electron chi connectivity index (χ3n) is 1.73. The Morgan fingerprint density at radius 3 is 2.80 bits per heavy atom. The summed E-state index contributed by atoms with van der Waals surface area (Å²) in [5, 5.41) is 3.74. The van der Waals surface area contributed by atoms with E-state index in [2.05, 4.69) is 22.1 Å². The number of hydrogen-bond donors (Lipinski definition) is 1. The van der Waals surface area contributed by atoms with Crippen LogP contribution in [0.1, 0.15) is 28.9 Å². The third-order valence-corrected chi connectivity index (χ3v) is 2.72. The van der Waals surface area contributed by atoms with Crippen LogP contribution >= 0.6 is 11.3 Å². The third kappa shape index (κ3) is 4.13. The molecule has 1 amide bonds. The van der Waals surface area contributed by atoms with Crippen molar-refractivity contribution in [2.75, 3.05) is 6.54 Å². The zero-order valence-electron chi connectivity index (χ0n) is 9.18. The molecule has 1 aromatic heterocycles. The van der Waals surface area contributed by atoms with Crippen LogP contribution < -0.4 is 5.32 Å². The van der Waals surface area contributed by atoms with Gasteiger partial charge in [0.05, 0.1) is 15.6 Å². The van der Waals surface area contributed by atoms with Gasteiger partial charge in [0.2, 0.25) is 5.91 Å². The van der Waals surface area contributed by atoms with Crippen molar-refractivity contribution in [1.29, 1.82) is 0 Å². The van der Waals surface area contributed by atoms with Crippen molar-refractivity contribution in [3.63, 3.8) is 0 Å². The summed E-state index contributed by atoms with van der Waals surface area (Å²) in [6.07, 6.45) is 0.677. The summed E-state index contributed by atoms with van der Waals surface area (Å²) in [5.74, 6) is 6.07. The topological polar surface area (TPSA) is 42.0 Å². The van der Waals surface area contributed by atoms with Crippen LogP contribution in [0.3, 0.4) is 0 Å². The van der Waals surface area contributed by atoms with E-state index < -0.39 is 0 Å². The first-order chi connectivity index (χ1) is 7.09. The van der Waals surface area contributed by atoms with Gasteiger partial charge in [0.15, 0.2) is 0 Å². The second kappa shape index (κ2) is 5.52. The summed E-state index contributed by atoms with van der Waals surface area (Å²) in [5.41, 5.74) is 0.990. The highest BCUT2D eigenvalue weighted by atomic mass is 32.1. The van der Waals surface area contributed by atoms with Crippen LogP contribution in [0, 0.1) is 25.7 Å². The second-order valence-electron chi connectivity index (χ2n) is 3.18. The van der Waals surface area contributed by atoms with Crippen LogP contribution in [-0.4, -0.2) is 17.4 Å². The molecule has 0 saturated carbocycles. The van der Waals surface area contributed by atoms with Gasteiger partial charge in [-0.1, -0.05) is 11.8 Å². The van der Waals surface area contributed by atoms with Crippen molar-refractivity contribution in [3.8, 4) is 11.8 Å². The Balaban J connectivity index is 2.44. The number of nitrogens with zero attached hydrogens (tertiary/aromatic N) is 1. The SMILES string of the molecule is CC(=O)NCCC#Cc1sc(C)nc1C. The predicted molar refractivity (Wildman–Crippen MR) is 61.8 cm³/mol. The van der Waals surface area contributed by atoms with E-state index in [9.17, 15) is 4.79 Å². The van der Waals surface area contributed by atoms with Gasteiger partial charge in [0.1, 0.15) is 0 Å². The van der Waals surface area contributed by atoms with Gasteiger partial charge in [-0.05, 0) is 13.8 Å². The van der Waals surface area contributed by atoms with Gasteiger partial charge in [0, 0.05) is 19.9 Å². The van der Waals surface area contributed by atoms with Crippen molar-refractivity contribution in [2.24, 2.45) is 0 Å². The number of carbonyl (C=O) groups excluding carboxylic acids is 1. The molecule has 80 valence electrons. The first-order valence-corrected chi connectivity index (χ1v) is 5.58. The first kappa shape index (κ1) is 11.7. The van der Waals surface area contributed by atoms with Crippen LogP contribution in [0.4, 0.5) is 0 Å². The van der Waals surface area contributed by atoms with E-state index in [0.717, 1.165) is 15.6 Å². The fraction of sp³-hybridized carbons (Fsp3) is 0.455. The lowest BCUT2D eigenvalue weighted by molar-refractivity contribution is -0.118. The smallest absolute Gasteiger partial charge is 0.216 e. The normalized spacial score (nSPS) is 9.27. The zero-order chi connectivity index (χ0) is 11.3. The largest absolute Gasteiger partial charge is 0.355 e. The van der Waals surface area contributed by atoms with Crippen LogP contribution in [-0.2, 0) is 4.79 Å². The van der Waals surface area contributed by atoms with E-state index >= 15 is 0 Å². The lowest BCUT2D eigenvalue weighted by Gasteiger charge is -1.94. The Kier molecular flexibility index (Phi) is 4.32. The van der Waals surface area contributed by atoms with Crippen LogP contribution in [0.5, 0.6) is 0 Å². The Labute approximate surface area is 93.9 Å². The highest BCUT2D eigenvalue weighted by Gasteiger charge is 1.99. The summed E-state index contributed by atoms with van der Waals surface area (Å²) in [7, 11) is 0. The number of hydrogen-bond acceptors (Lipinski definition) is 3. The molecule has 0 fully saturated rings. The molecule has 3 nitrogen and oxygen atoms in total. The van der Waals surface area contributed by atoms with Crippen molar-refractivity contribution in [1.82, 2.24) is 10.3 Å². The van der Waals surface area contributed by atoms with Crippen LogP contribution in [0.2, 0.25) is 0 Å². The molecule has 1 N–H and O–H groups in total. The molecule has 0 saturated heterocycles. The minimum atomic E-state index is -0.0124. The molecule has 0 radical (unpaired) electrons. The molecule has 0 aliphatic heterocycles. The molecular weight excluding hydrogens is 208 g/mol. The monoisotopic (exact) mass is 222 g/mol. The Morgan fingerprint density at radius 1 is 1.53 bits per heavy atom. The van der Waals surface area contributed by atoms with Crippen molar-refractivity contribution in [3.05, 3.63) is 15.6 Å². The summed E-state index contributed by atoms with van der Waals surface area (Å²) >= 11 is 1.61. The van der Waals surface area contributed by atoms with Crippen molar-refractivity contribution in [2.45, 2.75) is 27.2 Å². The standard InChI is InChI=1S/C11H14N2OS/c1-8-11(15-10(3)13-8)6-4-5-7-12-9(2)14/h5,7H2,1-3H3,(H,12,14). The van der Waals surface area contributed by atoms with E-state index in [-0.39, 0.29) is 5.91 Å². The Morgan fingerprint density at radius 2 is 2.27 bits per heavy atom. The van der Waals surface area contributed by atoms with Crippen LogP contribution in [0.15, 0.2) is 0 Å². The van der Waals surface area contributed by atoms with E-state index in [0.29, 0.717) is 13.0 Å². The minimum Gasteiger partial charge on any atom is -0.355 e. The molecule has 4 heteroatoms. The summed E-state index contributed by atoms with van der Waals surface area (Å²) in [4.78, 5) is 15.9. The fourth-order valence-electron chi connectivity index (χ4n) is 1.09. The van der Waals surface area contributed by atoms with E-state index in [1.807, 2.05) is 13.8 Å².